The van der Waals surface area contributed by atoms with E-state index in [4.69, 9.17) is 0 Å². The Kier molecular flexibility index (Phi) is 5.54. The molecule has 142 valence electrons. The first kappa shape index (κ1) is 17.6. The molecule has 1 N–H and O–H groups in total. The number of nitrogens with zero attached hydrogens (tertiary/aromatic N) is 2. The number of carbonyl (C=O) groups excluding carboxylic acids is 1. The summed E-state index contributed by atoms with van der Waals surface area (Å²) in [6.45, 7) is 5.67. The molecular weight excluding hydrogens is 310 g/mol. The molecule has 4 nitrogen and oxygen atoms in total. The lowest BCUT2D eigenvalue weighted by atomic mass is 9.80. The monoisotopic (exact) mass is 347 g/mol. The molecule has 0 unspecified atom stereocenters. The standard InChI is InChI=1S/C21H37N3O/c1-2-16-7-9-18(10-8-16)23-13-11-19(12-14-23)24-20-6-4-3-5-17(20)15-22-21(24)25/h16-20H,2-15H2,1H3,(H,22,25)/t16?,17-,18?,20+/m1/s1. The first-order chi connectivity index (χ1) is 12.3. The number of rotatable bonds is 3. The highest BCUT2D eigenvalue weighted by Crippen LogP contribution is 2.35. The number of piperidine rings is 1. The maximum absolute atomic E-state index is 12.6. The molecule has 0 radical (unpaired) electrons. The number of likely N-dealkylation sites (tertiary alicyclic amines) is 1. The third-order valence-corrected chi connectivity index (χ3v) is 7.78. The molecule has 4 heteroatoms. The van der Waals surface area contributed by atoms with E-state index in [0.717, 1.165) is 18.5 Å². The molecule has 25 heavy (non-hydrogen) atoms. The van der Waals surface area contributed by atoms with Crippen LogP contribution in [0.5, 0.6) is 0 Å². The average molecular weight is 348 g/mol. The molecule has 2 heterocycles. The summed E-state index contributed by atoms with van der Waals surface area (Å²) in [4.78, 5) is 17.6. The van der Waals surface area contributed by atoms with E-state index in [9.17, 15) is 4.79 Å². The molecule has 0 aromatic carbocycles. The Morgan fingerprint density at radius 3 is 2.36 bits per heavy atom. The van der Waals surface area contributed by atoms with Gasteiger partial charge in [0, 0.05) is 37.8 Å². The van der Waals surface area contributed by atoms with Gasteiger partial charge in [-0.05, 0) is 63.2 Å². The van der Waals surface area contributed by atoms with Gasteiger partial charge >= 0.3 is 6.03 Å². The highest BCUT2D eigenvalue weighted by Gasteiger charge is 2.41. The quantitative estimate of drug-likeness (QED) is 0.837. The molecule has 0 aromatic rings. The van der Waals surface area contributed by atoms with E-state index in [-0.39, 0.29) is 6.03 Å². The second-order valence-electron chi connectivity index (χ2n) is 9.06. The maximum atomic E-state index is 12.6. The summed E-state index contributed by atoms with van der Waals surface area (Å²) in [5, 5.41) is 3.19. The summed E-state index contributed by atoms with van der Waals surface area (Å²) in [6.07, 6.45) is 14.6. The lowest BCUT2D eigenvalue weighted by molar-refractivity contribution is 0.0257. The zero-order valence-corrected chi connectivity index (χ0v) is 16.1. The summed E-state index contributed by atoms with van der Waals surface area (Å²) in [7, 11) is 0. The van der Waals surface area contributed by atoms with Crippen LogP contribution in [-0.4, -0.2) is 53.6 Å². The first-order valence-corrected chi connectivity index (χ1v) is 11.1. The zero-order chi connectivity index (χ0) is 17.2. The van der Waals surface area contributed by atoms with Crippen LogP contribution < -0.4 is 5.32 Å². The Hall–Kier alpha value is -0.770. The number of nitrogens with one attached hydrogen (secondary N) is 1. The lowest BCUT2D eigenvalue weighted by Crippen LogP contribution is -2.63. The summed E-state index contributed by atoms with van der Waals surface area (Å²) >= 11 is 0. The topological polar surface area (TPSA) is 35.6 Å². The van der Waals surface area contributed by atoms with E-state index >= 15 is 0 Å². The summed E-state index contributed by atoms with van der Waals surface area (Å²) in [5.74, 6) is 1.68. The van der Waals surface area contributed by atoms with Gasteiger partial charge < -0.3 is 15.1 Å². The van der Waals surface area contributed by atoms with Gasteiger partial charge in [-0.15, -0.1) is 0 Å². The van der Waals surface area contributed by atoms with Gasteiger partial charge in [0.2, 0.25) is 0 Å². The van der Waals surface area contributed by atoms with E-state index in [0.29, 0.717) is 18.0 Å². The van der Waals surface area contributed by atoms with Gasteiger partial charge in [0.25, 0.3) is 0 Å². The van der Waals surface area contributed by atoms with Crippen molar-refractivity contribution in [3.05, 3.63) is 0 Å². The van der Waals surface area contributed by atoms with Crippen molar-refractivity contribution in [2.45, 2.75) is 95.7 Å². The molecule has 0 aromatic heterocycles. The molecule has 2 atom stereocenters. The number of urea groups is 1. The first-order valence-electron chi connectivity index (χ1n) is 11.1. The Labute approximate surface area is 153 Å². The molecule has 2 amide bonds. The smallest absolute Gasteiger partial charge is 0.317 e. The van der Waals surface area contributed by atoms with Crippen molar-refractivity contribution in [1.29, 1.82) is 0 Å². The number of hydrogen-bond acceptors (Lipinski definition) is 2. The van der Waals surface area contributed by atoms with Crippen molar-refractivity contribution in [3.63, 3.8) is 0 Å². The molecule has 4 fully saturated rings. The van der Waals surface area contributed by atoms with E-state index in [1.54, 1.807) is 0 Å². The van der Waals surface area contributed by atoms with Crippen molar-refractivity contribution >= 4 is 6.03 Å². The van der Waals surface area contributed by atoms with Crippen LogP contribution in [0.25, 0.3) is 0 Å². The van der Waals surface area contributed by atoms with Crippen LogP contribution in [0.15, 0.2) is 0 Å². The van der Waals surface area contributed by atoms with E-state index in [1.165, 1.54) is 83.7 Å². The van der Waals surface area contributed by atoms with Crippen LogP contribution in [0, 0.1) is 11.8 Å². The fraction of sp³-hybridized carbons (Fsp3) is 0.952. The minimum absolute atomic E-state index is 0.227. The minimum Gasteiger partial charge on any atom is -0.338 e. The third kappa shape index (κ3) is 3.70. The highest BCUT2D eigenvalue weighted by molar-refractivity contribution is 5.76. The van der Waals surface area contributed by atoms with Gasteiger partial charge in [-0.1, -0.05) is 26.2 Å². The third-order valence-electron chi connectivity index (χ3n) is 7.78. The van der Waals surface area contributed by atoms with Crippen LogP contribution in [0.1, 0.15) is 77.6 Å². The van der Waals surface area contributed by atoms with Gasteiger partial charge in [-0.3, -0.25) is 0 Å². The second kappa shape index (κ2) is 7.85. The van der Waals surface area contributed by atoms with Gasteiger partial charge in [-0.25, -0.2) is 4.79 Å². The largest absolute Gasteiger partial charge is 0.338 e. The van der Waals surface area contributed by atoms with E-state index in [1.807, 2.05) is 0 Å². The molecule has 2 saturated carbocycles. The summed E-state index contributed by atoms with van der Waals surface area (Å²) in [6, 6.07) is 2.06. The lowest BCUT2D eigenvalue weighted by Gasteiger charge is -2.50. The van der Waals surface area contributed by atoms with Crippen LogP contribution in [-0.2, 0) is 0 Å². The van der Waals surface area contributed by atoms with Gasteiger partial charge in [0.1, 0.15) is 0 Å². The second-order valence-corrected chi connectivity index (χ2v) is 9.06. The fourth-order valence-corrected chi connectivity index (χ4v) is 6.14. The molecule has 0 spiro atoms. The molecule has 2 aliphatic heterocycles. The molecule has 0 bridgehead atoms. The molecule has 4 aliphatic rings. The van der Waals surface area contributed by atoms with Gasteiger partial charge in [0.05, 0.1) is 0 Å². The van der Waals surface area contributed by atoms with Crippen molar-refractivity contribution in [3.8, 4) is 0 Å². The predicted molar refractivity (Wildman–Crippen MR) is 102 cm³/mol. The Balaban J connectivity index is 1.32. The molecule has 4 rings (SSSR count). The van der Waals surface area contributed by atoms with Crippen molar-refractivity contribution < 1.29 is 4.79 Å². The average Bonchev–Trinajstić information content (AvgIpc) is 2.68. The Morgan fingerprint density at radius 2 is 1.64 bits per heavy atom. The van der Waals surface area contributed by atoms with Crippen LogP contribution in [0.3, 0.4) is 0 Å². The van der Waals surface area contributed by atoms with Gasteiger partial charge in [0.15, 0.2) is 0 Å². The van der Waals surface area contributed by atoms with Gasteiger partial charge in [-0.2, -0.15) is 0 Å². The van der Waals surface area contributed by atoms with Crippen molar-refractivity contribution in [2.24, 2.45) is 11.8 Å². The van der Waals surface area contributed by atoms with Crippen molar-refractivity contribution in [1.82, 2.24) is 15.1 Å². The number of fused-ring (bicyclic) bond motifs is 1. The number of hydrogen-bond donors (Lipinski definition) is 1. The molecule has 2 saturated heterocycles. The predicted octanol–water partition coefficient (Wildman–Crippen LogP) is 4.00. The maximum Gasteiger partial charge on any atom is 0.317 e. The Morgan fingerprint density at radius 1 is 0.920 bits per heavy atom. The van der Waals surface area contributed by atoms with Crippen molar-refractivity contribution in [2.75, 3.05) is 19.6 Å². The minimum atomic E-state index is 0.227. The molecule has 2 aliphatic carbocycles. The summed E-state index contributed by atoms with van der Waals surface area (Å²) < 4.78 is 0. The number of amides is 2. The summed E-state index contributed by atoms with van der Waals surface area (Å²) in [5.41, 5.74) is 0. The SMILES string of the molecule is CCC1CCC(N2CCC(N3C(=O)NC[C@H]4CCCC[C@@H]43)CC2)CC1. The van der Waals surface area contributed by atoms with Crippen LogP contribution >= 0.6 is 0 Å². The van der Waals surface area contributed by atoms with Crippen LogP contribution in [0.4, 0.5) is 4.79 Å². The number of carbonyl (C=O) groups is 1. The van der Waals surface area contributed by atoms with Crippen LogP contribution in [0.2, 0.25) is 0 Å². The highest BCUT2D eigenvalue weighted by atomic mass is 16.2. The van der Waals surface area contributed by atoms with E-state index < -0.39 is 0 Å². The normalized spacial score (nSPS) is 38.3. The Bertz CT molecular complexity index is 452. The fourth-order valence-electron chi connectivity index (χ4n) is 6.14. The van der Waals surface area contributed by atoms with E-state index in [2.05, 4.69) is 22.0 Å². The molecular formula is C21H37N3O. The zero-order valence-electron chi connectivity index (χ0n) is 16.1.